The van der Waals surface area contributed by atoms with Crippen LogP contribution < -0.4 is 5.32 Å². The molecule has 0 amide bonds. The van der Waals surface area contributed by atoms with Crippen LogP contribution in [0.2, 0.25) is 0 Å². The number of ketones is 1. The molecular weight excluding hydrogens is 226 g/mol. The van der Waals surface area contributed by atoms with Crippen LogP contribution in [0.5, 0.6) is 0 Å². The molecule has 1 N–H and O–H groups in total. The van der Waals surface area contributed by atoms with E-state index in [1.807, 2.05) is 11.7 Å². The summed E-state index contributed by atoms with van der Waals surface area (Å²) >= 11 is 0. The lowest BCUT2D eigenvalue weighted by molar-refractivity contribution is -0.118. The fourth-order valence-electron chi connectivity index (χ4n) is 2.53. The predicted octanol–water partition coefficient (Wildman–Crippen LogP) is 1.48. The standard InChI is InChI=1S/C14H23N3O/c1-3-12-8-13(17(2)16-12)9-14(18)5-4-11-6-7-15-10-11/h8,11,15H,3-7,9-10H2,1-2H3. The summed E-state index contributed by atoms with van der Waals surface area (Å²) in [4.78, 5) is 12.0. The Bertz CT molecular complexity index is 405. The molecule has 1 fully saturated rings. The third-order valence-electron chi connectivity index (χ3n) is 3.76. The minimum atomic E-state index is 0.340. The smallest absolute Gasteiger partial charge is 0.138 e. The van der Waals surface area contributed by atoms with Gasteiger partial charge in [0, 0.05) is 25.6 Å². The van der Waals surface area contributed by atoms with Gasteiger partial charge in [-0.1, -0.05) is 6.92 Å². The van der Waals surface area contributed by atoms with Crippen molar-refractivity contribution in [1.82, 2.24) is 15.1 Å². The van der Waals surface area contributed by atoms with Gasteiger partial charge in [-0.15, -0.1) is 0 Å². The zero-order valence-electron chi connectivity index (χ0n) is 11.4. The molecule has 0 bridgehead atoms. The lowest BCUT2D eigenvalue weighted by atomic mass is 9.99. The van der Waals surface area contributed by atoms with Gasteiger partial charge in [0.2, 0.25) is 0 Å². The van der Waals surface area contributed by atoms with Crippen molar-refractivity contribution in [2.75, 3.05) is 13.1 Å². The largest absolute Gasteiger partial charge is 0.316 e. The minimum absolute atomic E-state index is 0.340. The first-order chi connectivity index (χ1) is 8.69. The van der Waals surface area contributed by atoms with Crippen molar-refractivity contribution in [3.8, 4) is 0 Å². The molecule has 4 heteroatoms. The molecule has 2 rings (SSSR count). The molecule has 1 unspecified atom stereocenters. The first kappa shape index (κ1) is 13.3. The zero-order chi connectivity index (χ0) is 13.0. The van der Waals surface area contributed by atoms with Crippen LogP contribution in [0.4, 0.5) is 0 Å². The van der Waals surface area contributed by atoms with Gasteiger partial charge >= 0.3 is 0 Å². The number of aryl methyl sites for hydroxylation is 2. The SMILES string of the molecule is CCc1cc(CC(=O)CCC2CCNC2)n(C)n1. The lowest BCUT2D eigenvalue weighted by Gasteiger charge is -2.07. The van der Waals surface area contributed by atoms with Gasteiger partial charge in [0.1, 0.15) is 5.78 Å². The quantitative estimate of drug-likeness (QED) is 0.831. The summed E-state index contributed by atoms with van der Waals surface area (Å²) in [7, 11) is 1.92. The second-order valence-corrected chi connectivity index (χ2v) is 5.22. The molecule has 0 aliphatic carbocycles. The van der Waals surface area contributed by atoms with Crippen LogP contribution in [0, 0.1) is 5.92 Å². The maximum absolute atomic E-state index is 12.0. The van der Waals surface area contributed by atoms with E-state index >= 15 is 0 Å². The van der Waals surface area contributed by atoms with Crippen molar-refractivity contribution >= 4 is 5.78 Å². The summed E-state index contributed by atoms with van der Waals surface area (Å²) in [5.74, 6) is 1.04. The Morgan fingerprint density at radius 3 is 3.06 bits per heavy atom. The fourth-order valence-corrected chi connectivity index (χ4v) is 2.53. The highest BCUT2D eigenvalue weighted by Gasteiger charge is 2.16. The van der Waals surface area contributed by atoms with Crippen LogP contribution >= 0.6 is 0 Å². The van der Waals surface area contributed by atoms with E-state index < -0.39 is 0 Å². The molecule has 0 spiro atoms. The number of carbonyl (C=O) groups excluding carboxylic acids is 1. The number of nitrogens with one attached hydrogen (secondary N) is 1. The first-order valence-electron chi connectivity index (χ1n) is 6.93. The van der Waals surface area contributed by atoms with Crippen molar-refractivity contribution in [1.29, 1.82) is 0 Å². The Morgan fingerprint density at radius 1 is 1.61 bits per heavy atom. The van der Waals surface area contributed by atoms with E-state index in [4.69, 9.17) is 0 Å². The summed E-state index contributed by atoms with van der Waals surface area (Å²) in [6, 6.07) is 2.05. The van der Waals surface area contributed by atoms with Crippen LogP contribution in [-0.4, -0.2) is 28.7 Å². The average Bonchev–Trinajstić information content (AvgIpc) is 2.97. The second kappa shape index (κ2) is 6.14. The van der Waals surface area contributed by atoms with Gasteiger partial charge < -0.3 is 5.32 Å². The van der Waals surface area contributed by atoms with Gasteiger partial charge in [-0.3, -0.25) is 9.48 Å². The highest BCUT2D eigenvalue weighted by molar-refractivity contribution is 5.80. The van der Waals surface area contributed by atoms with Crippen molar-refractivity contribution in [3.05, 3.63) is 17.5 Å². The third-order valence-corrected chi connectivity index (χ3v) is 3.76. The molecule has 4 nitrogen and oxygen atoms in total. The monoisotopic (exact) mass is 249 g/mol. The van der Waals surface area contributed by atoms with Crippen LogP contribution in [0.1, 0.15) is 37.6 Å². The summed E-state index contributed by atoms with van der Waals surface area (Å²) in [6.07, 6.45) is 4.42. The number of nitrogens with zero attached hydrogens (tertiary/aromatic N) is 2. The average molecular weight is 249 g/mol. The lowest BCUT2D eigenvalue weighted by Crippen LogP contribution is -2.12. The van der Waals surface area contributed by atoms with E-state index in [2.05, 4.69) is 23.4 Å². The molecule has 1 aliphatic rings. The number of Topliss-reactive ketones (excluding diaryl/α,β-unsaturated/α-hetero) is 1. The number of rotatable bonds is 6. The fraction of sp³-hybridized carbons (Fsp3) is 0.714. The van der Waals surface area contributed by atoms with Gasteiger partial charge in [0.25, 0.3) is 0 Å². The Balaban J connectivity index is 1.80. The van der Waals surface area contributed by atoms with Crippen LogP contribution in [0.25, 0.3) is 0 Å². The molecule has 1 aliphatic heterocycles. The summed E-state index contributed by atoms with van der Waals surface area (Å²) in [5.41, 5.74) is 2.11. The highest BCUT2D eigenvalue weighted by Crippen LogP contribution is 2.15. The Kier molecular flexibility index (Phi) is 4.53. The van der Waals surface area contributed by atoms with Crippen molar-refractivity contribution in [3.63, 3.8) is 0 Å². The molecule has 2 heterocycles. The van der Waals surface area contributed by atoms with Gasteiger partial charge in [-0.25, -0.2) is 0 Å². The Hall–Kier alpha value is -1.16. The molecule has 100 valence electrons. The number of aromatic nitrogens is 2. The molecule has 0 aromatic carbocycles. The minimum Gasteiger partial charge on any atom is -0.316 e. The normalized spacial score (nSPS) is 19.3. The Morgan fingerprint density at radius 2 is 2.44 bits per heavy atom. The zero-order valence-corrected chi connectivity index (χ0v) is 11.4. The van der Waals surface area contributed by atoms with Crippen molar-refractivity contribution in [2.45, 2.75) is 39.0 Å². The maximum atomic E-state index is 12.0. The molecule has 18 heavy (non-hydrogen) atoms. The maximum Gasteiger partial charge on any atom is 0.138 e. The van der Waals surface area contributed by atoms with E-state index in [9.17, 15) is 4.79 Å². The molecule has 0 radical (unpaired) electrons. The highest BCUT2D eigenvalue weighted by atomic mass is 16.1. The molecule has 1 aromatic heterocycles. The third kappa shape index (κ3) is 3.42. The van der Waals surface area contributed by atoms with Crippen LogP contribution in [0.15, 0.2) is 6.07 Å². The number of hydrogen-bond acceptors (Lipinski definition) is 3. The van der Waals surface area contributed by atoms with Gasteiger partial charge in [0.15, 0.2) is 0 Å². The molecule has 1 aromatic rings. The van der Waals surface area contributed by atoms with Gasteiger partial charge in [-0.2, -0.15) is 5.10 Å². The van der Waals surface area contributed by atoms with E-state index in [0.717, 1.165) is 37.3 Å². The second-order valence-electron chi connectivity index (χ2n) is 5.22. The molecular formula is C14H23N3O. The number of hydrogen-bond donors (Lipinski definition) is 1. The van der Waals surface area contributed by atoms with Gasteiger partial charge in [-0.05, 0) is 44.3 Å². The van der Waals surface area contributed by atoms with E-state index in [1.54, 1.807) is 0 Å². The number of carbonyl (C=O) groups is 1. The summed E-state index contributed by atoms with van der Waals surface area (Å²) in [5, 5.41) is 7.71. The van der Waals surface area contributed by atoms with Crippen LogP contribution in [0.3, 0.4) is 0 Å². The van der Waals surface area contributed by atoms with E-state index in [-0.39, 0.29) is 0 Å². The van der Waals surface area contributed by atoms with E-state index in [1.165, 1.54) is 6.42 Å². The van der Waals surface area contributed by atoms with Gasteiger partial charge in [0.05, 0.1) is 5.69 Å². The van der Waals surface area contributed by atoms with E-state index in [0.29, 0.717) is 24.5 Å². The summed E-state index contributed by atoms with van der Waals surface area (Å²) in [6.45, 7) is 4.28. The van der Waals surface area contributed by atoms with Crippen molar-refractivity contribution < 1.29 is 4.79 Å². The van der Waals surface area contributed by atoms with Crippen molar-refractivity contribution in [2.24, 2.45) is 13.0 Å². The first-order valence-corrected chi connectivity index (χ1v) is 6.93. The van der Waals surface area contributed by atoms with Crippen LogP contribution in [-0.2, 0) is 24.7 Å². The molecule has 1 atom stereocenters. The molecule has 0 saturated carbocycles. The topological polar surface area (TPSA) is 46.9 Å². The summed E-state index contributed by atoms with van der Waals surface area (Å²) < 4.78 is 1.84. The predicted molar refractivity (Wildman–Crippen MR) is 71.5 cm³/mol. The Labute approximate surface area is 109 Å². The molecule has 1 saturated heterocycles.